The number of piperazine rings is 1. The summed E-state index contributed by atoms with van der Waals surface area (Å²) in [4.78, 5) is 16.4. The number of rotatable bonds is 3. The highest BCUT2D eigenvalue weighted by atomic mass is 19.4. The van der Waals surface area contributed by atoms with Crippen LogP contribution in [-0.4, -0.2) is 44.0 Å². The maximum Gasteiger partial charge on any atom is 0.416 e. The summed E-state index contributed by atoms with van der Waals surface area (Å²) in [5, 5.41) is 2.73. The first kappa shape index (κ1) is 17.1. The number of hydrogen-bond acceptors (Lipinski definition) is 3. The van der Waals surface area contributed by atoms with E-state index in [0.29, 0.717) is 11.6 Å². The van der Waals surface area contributed by atoms with Gasteiger partial charge in [-0.25, -0.2) is 0 Å². The third-order valence-corrected chi connectivity index (χ3v) is 4.87. The number of nitrogens with one attached hydrogen (secondary N) is 1. The Morgan fingerprint density at radius 3 is 2.38 bits per heavy atom. The second kappa shape index (κ2) is 6.27. The summed E-state index contributed by atoms with van der Waals surface area (Å²) in [5.41, 5.74) is 0.191. The quantitative estimate of drug-likeness (QED) is 0.918. The van der Waals surface area contributed by atoms with Crippen molar-refractivity contribution < 1.29 is 18.0 Å². The lowest BCUT2D eigenvalue weighted by atomic mass is 10.1. The van der Waals surface area contributed by atoms with Gasteiger partial charge in [-0.1, -0.05) is 6.92 Å². The molecule has 2 aliphatic rings. The molecule has 0 aromatic heterocycles. The SMILES string of the molecule is C[C@@H]1C[C@@H]1C(=O)Nc1cc(C(F)(F)F)ccc1N1CCN(C)CC1. The highest BCUT2D eigenvalue weighted by Gasteiger charge is 2.40. The average molecular weight is 341 g/mol. The fourth-order valence-electron chi connectivity index (χ4n) is 3.05. The van der Waals surface area contributed by atoms with Crippen LogP contribution < -0.4 is 10.2 Å². The zero-order valence-corrected chi connectivity index (χ0v) is 13.9. The Kier molecular flexibility index (Phi) is 4.46. The van der Waals surface area contributed by atoms with E-state index in [-0.39, 0.29) is 17.5 Å². The normalized spacial score (nSPS) is 24.8. The molecule has 1 aliphatic carbocycles. The Labute approximate surface area is 139 Å². The standard InChI is InChI=1S/C17H22F3N3O/c1-11-9-13(11)16(24)21-14-10-12(17(18,19)20)3-4-15(14)23-7-5-22(2)6-8-23/h3-4,10-11,13H,5-9H2,1-2H3,(H,21,24)/t11-,13+/m1/s1. The number of amides is 1. The van der Waals surface area contributed by atoms with E-state index in [2.05, 4.69) is 10.2 Å². The molecule has 7 heteroatoms. The summed E-state index contributed by atoms with van der Waals surface area (Å²) in [6.45, 7) is 5.11. The van der Waals surface area contributed by atoms with Crippen molar-refractivity contribution in [1.82, 2.24) is 4.90 Å². The monoisotopic (exact) mass is 341 g/mol. The predicted molar refractivity (Wildman–Crippen MR) is 87.1 cm³/mol. The fraction of sp³-hybridized carbons (Fsp3) is 0.588. The van der Waals surface area contributed by atoms with Crippen molar-refractivity contribution >= 4 is 17.3 Å². The van der Waals surface area contributed by atoms with Gasteiger partial charge in [-0.3, -0.25) is 4.79 Å². The number of hydrogen-bond donors (Lipinski definition) is 1. The van der Waals surface area contributed by atoms with Crippen LogP contribution in [0.1, 0.15) is 18.9 Å². The van der Waals surface area contributed by atoms with Crippen LogP contribution in [0, 0.1) is 11.8 Å². The Bertz CT molecular complexity index is 624. The number of nitrogens with zero attached hydrogens (tertiary/aromatic N) is 2. The summed E-state index contributed by atoms with van der Waals surface area (Å²) >= 11 is 0. The number of likely N-dealkylation sites (N-methyl/N-ethyl adjacent to an activating group) is 1. The highest BCUT2D eigenvalue weighted by Crippen LogP contribution is 2.40. The largest absolute Gasteiger partial charge is 0.416 e. The second-order valence-corrected chi connectivity index (χ2v) is 6.83. The molecule has 3 rings (SSSR count). The Hall–Kier alpha value is -1.76. The molecule has 0 radical (unpaired) electrons. The van der Waals surface area contributed by atoms with Crippen molar-refractivity contribution in [2.75, 3.05) is 43.4 Å². The summed E-state index contributed by atoms with van der Waals surface area (Å²) in [7, 11) is 2.02. The van der Waals surface area contributed by atoms with Crippen LogP contribution in [0.4, 0.5) is 24.5 Å². The lowest BCUT2D eigenvalue weighted by Gasteiger charge is -2.35. The third-order valence-electron chi connectivity index (χ3n) is 4.87. The van der Waals surface area contributed by atoms with Crippen LogP contribution in [0.5, 0.6) is 0 Å². The van der Waals surface area contributed by atoms with Gasteiger partial charge in [0.15, 0.2) is 0 Å². The van der Waals surface area contributed by atoms with Crippen molar-refractivity contribution in [2.24, 2.45) is 11.8 Å². The predicted octanol–water partition coefficient (Wildman–Crippen LogP) is 3.05. The van der Waals surface area contributed by atoms with Gasteiger partial charge in [-0.15, -0.1) is 0 Å². The van der Waals surface area contributed by atoms with Gasteiger partial charge in [0, 0.05) is 32.1 Å². The molecule has 1 N–H and O–H groups in total. The topological polar surface area (TPSA) is 35.6 Å². The Morgan fingerprint density at radius 1 is 1.21 bits per heavy atom. The molecule has 1 saturated carbocycles. The van der Waals surface area contributed by atoms with Crippen LogP contribution in [0.2, 0.25) is 0 Å². The molecule has 1 amide bonds. The maximum absolute atomic E-state index is 13.0. The van der Waals surface area contributed by atoms with Gasteiger partial charge in [0.2, 0.25) is 5.91 Å². The van der Waals surface area contributed by atoms with Gasteiger partial charge in [-0.05, 0) is 37.6 Å². The minimum atomic E-state index is -4.42. The molecule has 1 heterocycles. The molecule has 2 atom stereocenters. The first-order valence-corrected chi connectivity index (χ1v) is 8.21. The van der Waals surface area contributed by atoms with Crippen molar-refractivity contribution in [3.05, 3.63) is 23.8 Å². The minimum Gasteiger partial charge on any atom is -0.367 e. The first-order chi connectivity index (χ1) is 11.3. The van der Waals surface area contributed by atoms with Crippen LogP contribution in [-0.2, 0) is 11.0 Å². The minimum absolute atomic E-state index is 0.0834. The summed E-state index contributed by atoms with van der Waals surface area (Å²) in [5.74, 6) is 0.0416. The van der Waals surface area contributed by atoms with E-state index in [0.717, 1.165) is 44.7 Å². The molecule has 0 spiro atoms. The molecule has 1 aliphatic heterocycles. The Morgan fingerprint density at radius 2 is 1.83 bits per heavy atom. The molecule has 4 nitrogen and oxygen atoms in total. The maximum atomic E-state index is 13.0. The second-order valence-electron chi connectivity index (χ2n) is 6.83. The molecule has 0 unspecified atom stereocenters. The molecule has 1 saturated heterocycles. The molecule has 1 aromatic rings. The lowest BCUT2D eigenvalue weighted by molar-refractivity contribution is -0.137. The molecular formula is C17H22F3N3O. The lowest BCUT2D eigenvalue weighted by Crippen LogP contribution is -2.44. The van der Waals surface area contributed by atoms with Gasteiger partial charge in [0.25, 0.3) is 0 Å². The zero-order valence-electron chi connectivity index (χ0n) is 13.9. The van der Waals surface area contributed by atoms with E-state index < -0.39 is 11.7 Å². The summed E-state index contributed by atoms with van der Waals surface area (Å²) < 4.78 is 39.1. The van der Waals surface area contributed by atoms with Gasteiger partial charge in [-0.2, -0.15) is 13.2 Å². The van der Waals surface area contributed by atoms with Crippen molar-refractivity contribution in [1.29, 1.82) is 0 Å². The molecule has 1 aromatic carbocycles. The van der Waals surface area contributed by atoms with Crippen molar-refractivity contribution in [3.63, 3.8) is 0 Å². The van der Waals surface area contributed by atoms with E-state index in [1.54, 1.807) is 0 Å². The van der Waals surface area contributed by atoms with E-state index in [9.17, 15) is 18.0 Å². The highest BCUT2D eigenvalue weighted by molar-refractivity contribution is 5.97. The van der Waals surface area contributed by atoms with Crippen LogP contribution >= 0.6 is 0 Å². The number of carbonyl (C=O) groups is 1. The average Bonchev–Trinajstić information content (AvgIpc) is 3.24. The van der Waals surface area contributed by atoms with Crippen molar-refractivity contribution in [3.8, 4) is 0 Å². The smallest absolute Gasteiger partial charge is 0.367 e. The van der Waals surface area contributed by atoms with Crippen molar-refractivity contribution in [2.45, 2.75) is 19.5 Å². The number of carbonyl (C=O) groups excluding carboxylic acids is 1. The molecule has 132 valence electrons. The fourth-order valence-corrected chi connectivity index (χ4v) is 3.05. The van der Waals surface area contributed by atoms with Crippen LogP contribution in [0.25, 0.3) is 0 Å². The third kappa shape index (κ3) is 3.66. The van der Waals surface area contributed by atoms with E-state index in [4.69, 9.17) is 0 Å². The number of benzene rings is 1. The van der Waals surface area contributed by atoms with Gasteiger partial charge >= 0.3 is 6.18 Å². The molecule has 24 heavy (non-hydrogen) atoms. The van der Waals surface area contributed by atoms with Gasteiger partial charge < -0.3 is 15.1 Å². The molecular weight excluding hydrogens is 319 g/mol. The summed E-state index contributed by atoms with van der Waals surface area (Å²) in [6.07, 6.45) is -3.62. The van der Waals surface area contributed by atoms with Crippen LogP contribution in [0.15, 0.2) is 18.2 Å². The van der Waals surface area contributed by atoms with Crippen LogP contribution in [0.3, 0.4) is 0 Å². The molecule has 0 bridgehead atoms. The van der Waals surface area contributed by atoms with Gasteiger partial charge in [0.1, 0.15) is 0 Å². The zero-order chi connectivity index (χ0) is 17.5. The number of anilines is 2. The Balaban J connectivity index is 1.87. The van der Waals surface area contributed by atoms with E-state index in [1.165, 1.54) is 6.07 Å². The van der Waals surface area contributed by atoms with E-state index >= 15 is 0 Å². The number of alkyl halides is 3. The van der Waals surface area contributed by atoms with E-state index in [1.807, 2.05) is 18.9 Å². The summed E-state index contributed by atoms with van der Waals surface area (Å²) in [6, 6.07) is 3.61. The first-order valence-electron chi connectivity index (χ1n) is 8.21. The van der Waals surface area contributed by atoms with Gasteiger partial charge in [0.05, 0.1) is 16.9 Å². The molecule has 2 fully saturated rings. The number of halogens is 3.